The van der Waals surface area contributed by atoms with Gasteiger partial charge in [0.25, 0.3) is 0 Å². The van der Waals surface area contributed by atoms with Gasteiger partial charge in [-0.15, -0.1) is 24.8 Å². The summed E-state index contributed by atoms with van der Waals surface area (Å²) in [5, 5.41) is 0. The van der Waals surface area contributed by atoms with Crippen molar-refractivity contribution in [3.63, 3.8) is 0 Å². The highest BCUT2D eigenvalue weighted by Crippen LogP contribution is 1.79. The maximum Gasteiger partial charge on any atom is 0.0776 e. The summed E-state index contributed by atoms with van der Waals surface area (Å²) >= 11 is 0. The molecule has 0 saturated heterocycles. The number of halogens is 2. The van der Waals surface area contributed by atoms with Crippen LogP contribution in [-0.4, -0.2) is 22.0 Å². The SMILES string of the molecule is BBBCC.Cl.Cl.c1ccccc1. The quantitative estimate of drug-likeness (QED) is 0.654. The van der Waals surface area contributed by atoms with E-state index in [-0.39, 0.29) is 24.8 Å². The second-order valence-corrected chi connectivity index (χ2v) is 2.51. The Morgan fingerprint density at radius 2 is 1.23 bits per heavy atom. The van der Waals surface area contributed by atoms with Crippen LogP contribution < -0.4 is 0 Å². The maximum atomic E-state index is 2.21. The van der Waals surface area contributed by atoms with Crippen molar-refractivity contribution in [2.75, 3.05) is 0 Å². The lowest BCUT2D eigenvalue weighted by Gasteiger charge is -1.72. The number of hydrogen-bond acceptors (Lipinski definition) is 0. The van der Waals surface area contributed by atoms with E-state index in [9.17, 15) is 0 Å². The van der Waals surface area contributed by atoms with E-state index in [0.29, 0.717) is 0 Å². The summed E-state index contributed by atoms with van der Waals surface area (Å²) in [4.78, 5) is 0. The molecule has 0 amide bonds. The van der Waals surface area contributed by atoms with Crippen LogP contribution >= 0.6 is 24.8 Å². The van der Waals surface area contributed by atoms with Gasteiger partial charge in [0.05, 0.1) is 22.0 Å². The van der Waals surface area contributed by atoms with Crippen LogP contribution in [0.2, 0.25) is 6.32 Å². The zero-order valence-electron chi connectivity index (χ0n) is 8.40. The molecule has 0 radical (unpaired) electrons. The Morgan fingerprint density at radius 1 is 0.923 bits per heavy atom. The molecule has 5 heteroatoms. The first-order valence-electron chi connectivity index (χ1n) is 4.41. The lowest BCUT2D eigenvalue weighted by atomic mass is 9.27. The van der Waals surface area contributed by atoms with Gasteiger partial charge in [-0.2, -0.15) is 0 Å². The molecule has 0 bridgehead atoms. The van der Waals surface area contributed by atoms with Crippen molar-refractivity contribution in [2.24, 2.45) is 0 Å². The van der Waals surface area contributed by atoms with E-state index >= 15 is 0 Å². The van der Waals surface area contributed by atoms with E-state index in [1.807, 2.05) is 36.4 Å². The van der Waals surface area contributed by atoms with Crippen LogP contribution in [0, 0.1) is 0 Å². The molecule has 1 aromatic carbocycles. The van der Waals surface area contributed by atoms with E-state index in [2.05, 4.69) is 14.7 Å². The van der Waals surface area contributed by atoms with Crippen LogP contribution in [0.15, 0.2) is 36.4 Å². The molecule has 0 aliphatic carbocycles. The highest BCUT2D eigenvalue weighted by molar-refractivity contribution is 7.23. The fraction of sp³-hybridized carbons (Fsp3) is 0.250. The summed E-state index contributed by atoms with van der Waals surface area (Å²) < 4.78 is 0. The number of hydrogen-bond donors (Lipinski definition) is 0. The molecule has 1 rings (SSSR count). The van der Waals surface area contributed by atoms with Crippen LogP contribution in [0.5, 0.6) is 0 Å². The van der Waals surface area contributed by atoms with Gasteiger partial charge >= 0.3 is 0 Å². The highest BCUT2D eigenvalue weighted by atomic mass is 35.5. The van der Waals surface area contributed by atoms with Crippen molar-refractivity contribution < 1.29 is 0 Å². The molecule has 0 nitrogen and oxygen atoms in total. The maximum absolute atomic E-state index is 2.21. The van der Waals surface area contributed by atoms with E-state index in [1.165, 1.54) is 20.6 Å². The second kappa shape index (κ2) is 17.9. The van der Waals surface area contributed by atoms with Gasteiger partial charge in [0.1, 0.15) is 0 Å². The van der Waals surface area contributed by atoms with Crippen molar-refractivity contribution in [3.8, 4) is 0 Å². The van der Waals surface area contributed by atoms with Crippen molar-refractivity contribution in [3.05, 3.63) is 36.4 Å². The van der Waals surface area contributed by atoms with Gasteiger partial charge in [-0.3, -0.25) is 0 Å². The molecule has 13 heavy (non-hydrogen) atoms. The van der Waals surface area contributed by atoms with E-state index < -0.39 is 0 Å². The molecular weight excluding hydrogens is 199 g/mol. The number of rotatable bonds is 2. The normalized spacial score (nSPS) is 6.23. The van der Waals surface area contributed by atoms with Gasteiger partial charge in [0.2, 0.25) is 0 Å². The first-order chi connectivity index (χ1) is 5.41. The molecule has 0 aromatic heterocycles. The minimum absolute atomic E-state index is 0. The standard InChI is InChI=1S/C6H6.C2H9B3.2ClH/c1-2-4-6-5-3-1;1-2-4-5-3;;/h1-6H;4-5H,2-3H2,1H3;2*1H. The Balaban J connectivity index is -0.000000136. The first-order valence-corrected chi connectivity index (χ1v) is 4.41. The average molecular weight is 217 g/mol. The second-order valence-electron chi connectivity index (χ2n) is 2.51. The molecular formula is C8H17B3Cl2. The molecule has 0 heterocycles. The number of benzene rings is 1. The largest absolute Gasteiger partial charge is 0.147 e. The molecule has 0 fully saturated rings. The topological polar surface area (TPSA) is 0 Å². The Hall–Kier alpha value is -0.00519. The smallest absolute Gasteiger partial charge is 0.0776 e. The fourth-order valence-electron chi connectivity index (χ4n) is 0.738. The summed E-state index contributed by atoms with van der Waals surface area (Å²) in [7, 11) is 4.94. The Kier molecular flexibility index (Phi) is 25.8. The first kappa shape index (κ1) is 18.7. The summed E-state index contributed by atoms with van der Waals surface area (Å²) in [6, 6.07) is 12.0. The predicted octanol–water partition coefficient (Wildman–Crippen LogP) is 1.29. The predicted molar refractivity (Wildman–Crippen MR) is 74.3 cm³/mol. The summed E-state index contributed by atoms with van der Waals surface area (Å²) in [6.07, 6.45) is 1.34. The van der Waals surface area contributed by atoms with Crippen molar-refractivity contribution in [1.82, 2.24) is 0 Å². The fourth-order valence-corrected chi connectivity index (χ4v) is 0.738. The van der Waals surface area contributed by atoms with Crippen molar-refractivity contribution in [1.29, 1.82) is 0 Å². The van der Waals surface area contributed by atoms with Crippen LogP contribution in [0.1, 0.15) is 6.92 Å². The summed E-state index contributed by atoms with van der Waals surface area (Å²) in [6.45, 7) is 2.21. The molecule has 0 unspecified atom stereocenters. The molecule has 0 saturated carbocycles. The highest BCUT2D eigenvalue weighted by Gasteiger charge is 1.75. The lowest BCUT2D eigenvalue weighted by molar-refractivity contribution is 1.47. The van der Waals surface area contributed by atoms with Gasteiger partial charge < -0.3 is 0 Å². The van der Waals surface area contributed by atoms with Gasteiger partial charge in [-0.05, 0) is 0 Å². The van der Waals surface area contributed by atoms with Crippen molar-refractivity contribution in [2.45, 2.75) is 13.2 Å². The Labute approximate surface area is 96.6 Å². The van der Waals surface area contributed by atoms with Crippen LogP contribution in [0.3, 0.4) is 0 Å². The molecule has 0 aliphatic rings. The van der Waals surface area contributed by atoms with E-state index in [0.717, 1.165) is 0 Å². The Morgan fingerprint density at radius 3 is 1.31 bits per heavy atom. The summed E-state index contributed by atoms with van der Waals surface area (Å²) in [5.41, 5.74) is 0. The van der Waals surface area contributed by atoms with Gasteiger partial charge in [-0.1, -0.05) is 49.6 Å². The zero-order chi connectivity index (χ0) is 8.36. The third-order valence-corrected chi connectivity index (χ3v) is 1.37. The van der Waals surface area contributed by atoms with Crippen LogP contribution in [0.4, 0.5) is 0 Å². The monoisotopic (exact) mass is 216 g/mol. The van der Waals surface area contributed by atoms with Gasteiger partial charge in [-0.25, -0.2) is 0 Å². The molecule has 0 spiro atoms. The average Bonchev–Trinajstić information content (AvgIpc) is 2.10. The van der Waals surface area contributed by atoms with Gasteiger partial charge in [0.15, 0.2) is 0 Å². The van der Waals surface area contributed by atoms with E-state index in [4.69, 9.17) is 0 Å². The van der Waals surface area contributed by atoms with Crippen molar-refractivity contribution >= 4 is 46.8 Å². The minimum Gasteiger partial charge on any atom is -0.147 e. The third-order valence-electron chi connectivity index (χ3n) is 1.37. The minimum atomic E-state index is 0. The molecule has 0 N–H and O–H groups in total. The molecule has 0 atom stereocenters. The molecule has 0 aliphatic heterocycles. The lowest BCUT2D eigenvalue weighted by Crippen LogP contribution is -1.98. The van der Waals surface area contributed by atoms with E-state index in [1.54, 1.807) is 0 Å². The Bertz CT molecular complexity index is 121. The summed E-state index contributed by atoms with van der Waals surface area (Å²) in [5.74, 6) is 0. The zero-order valence-corrected chi connectivity index (χ0v) is 10.0. The van der Waals surface area contributed by atoms with Gasteiger partial charge in [0, 0.05) is 0 Å². The third kappa shape index (κ3) is 18.7. The van der Waals surface area contributed by atoms with Crippen LogP contribution in [-0.2, 0) is 0 Å². The van der Waals surface area contributed by atoms with Crippen LogP contribution in [0.25, 0.3) is 0 Å². The molecule has 72 valence electrons. The molecule has 1 aromatic rings.